The molecule has 0 atom stereocenters. The molecule has 0 aliphatic carbocycles. The first-order chi connectivity index (χ1) is 15.9. The molecule has 4 rings (SSSR count). The first-order valence-corrected chi connectivity index (χ1v) is 13.2. The Kier molecular flexibility index (Phi) is 7.40. The summed E-state index contributed by atoms with van der Waals surface area (Å²) < 4.78 is 34.7. The Morgan fingerprint density at radius 3 is 2.73 bits per heavy atom. The van der Waals surface area contributed by atoms with Crippen LogP contribution in [-0.2, 0) is 27.6 Å². The van der Waals surface area contributed by atoms with Crippen LogP contribution in [0.1, 0.15) is 23.7 Å². The maximum Gasteiger partial charge on any atom is 0.265 e. The van der Waals surface area contributed by atoms with E-state index in [-0.39, 0.29) is 9.77 Å². The quantitative estimate of drug-likeness (QED) is 0.524. The molecule has 1 aliphatic heterocycles. The van der Waals surface area contributed by atoms with Crippen LogP contribution in [0, 0.1) is 6.92 Å². The molecule has 0 unspecified atom stereocenters. The Morgan fingerprint density at radius 1 is 1.24 bits per heavy atom. The maximum absolute atomic E-state index is 13.7. The molecule has 4 heterocycles. The normalized spacial score (nSPS) is 15.2. The van der Waals surface area contributed by atoms with Crippen molar-refractivity contribution in [1.29, 1.82) is 0 Å². The number of aromatic nitrogens is 2. The van der Waals surface area contributed by atoms with Gasteiger partial charge in [0, 0.05) is 53.7 Å². The number of thiophene rings is 1. The van der Waals surface area contributed by atoms with Crippen LogP contribution in [-0.4, -0.2) is 60.7 Å². The van der Waals surface area contributed by atoms with Crippen molar-refractivity contribution in [3.8, 4) is 10.4 Å². The van der Waals surface area contributed by atoms with Crippen LogP contribution in [0.5, 0.6) is 0 Å². The van der Waals surface area contributed by atoms with Crippen LogP contribution in [0.25, 0.3) is 10.4 Å². The van der Waals surface area contributed by atoms with Crippen LogP contribution >= 0.6 is 11.3 Å². The molecule has 3 aromatic heterocycles. The van der Waals surface area contributed by atoms with Gasteiger partial charge in [0.1, 0.15) is 4.21 Å². The number of rotatable bonds is 8. The lowest BCUT2D eigenvalue weighted by molar-refractivity contribution is -0.0413. The van der Waals surface area contributed by atoms with E-state index in [4.69, 9.17) is 4.74 Å². The highest BCUT2D eigenvalue weighted by Gasteiger charge is 2.32. The smallest absolute Gasteiger partial charge is 0.265 e. The number of hydrogen-bond donors (Lipinski definition) is 1. The lowest BCUT2D eigenvalue weighted by Gasteiger charge is -2.36. The molecule has 0 aromatic carbocycles. The fraction of sp³-hybridized carbons (Fsp3) is 0.391. The number of H-pyrrole nitrogens is 1. The molecule has 0 bridgehead atoms. The van der Waals surface area contributed by atoms with Crippen LogP contribution < -0.4 is 5.56 Å². The number of nitrogens with one attached hydrogen (secondary N) is 1. The van der Waals surface area contributed by atoms with Gasteiger partial charge in [0.05, 0.1) is 13.2 Å². The molecule has 0 saturated carbocycles. The van der Waals surface area contributed by atoms with Gasteiger partial charge in [-0.3, -0.25) is 9.78 Å². The van der Waals surface area contributed by atoms with Crippen molar-refractivity contribution >= 4 is 21.4 Å². The molecule has 3 aromatic rings. The standard InChI is InChI=1S/C23H28N4O4S2/c1-3-19-15-20(17(2)25-23(19)28)21-6-7-22(32-21)33(29,30)27(26-11-13-31-14-12-26)10-8-18-5-4-9-24-16-18/h4-7,9,15-16H,3,8,10-14H2,1-2H3,(H,25,28). The van der Waals surface area contributed by atoms with Gasteiger partial charge < -0.3 is 9.72 Å². The highest BCUT2D eigenvalue weighted by Crippen LogP contribution is 2.34. The second-order valence-electron chi connectivity index (χ2n) is 7.86. The minimum Gasteiger partial charge on any atom is -0.379 e. The number of morpholine rings is 1. The highest BCUT2D eigenvalue weighted by atomic mass is 32.2. The Morgan fingerprint density at radius 2 is 2.03 bits per heavy atom. The average Bonchev–Trinajstić information content (AvgIpc) is 3.32. The summed E-state index contributed by atoms with van der Waals surface area (Å²) in [5.41, 5.74) is 3.14. The third-order valence-electron chi connectivity index (χ3n) is 5.69. The zero-order chi connectivity index (χ0) is 23.4. The van der Waals surface area contributed by atoms with Gasteiger partial charge >= 0.3 is 0 Å². The molecule has 1 fully saturated rings. The van der Waals surface area contributed by atoms with Gasteiger partial charge in [0.2, 0.25) is 0 Å². The molecular formula is C23H28N4O4S2. The molecule has 1 aliphatic rings. The molecule has 176 valence electrons. The van der Waals surface area contributed by atoms with Crippen LogP contribution in [0.3, 0.4) is 0 Å². The molecule has 33 heavy (non-hydrogen) atoms. The summed E-state index contributed by atoms with van der Waals surface area (Å²) in [5.74, 6) is 0. The Bertz CT molecular complexity index is 1250. The van der Waals surface area contributed by atoms with E-state index in [0.717, 1.165) is 21.7 Å². The fourth-order valence-electron chi connectivity index (χ4n) is 3.85. The number of nitrogens with zero attached hydrogens (tertiary/aromatic N) is 3. The van der Waals surface area contributed by atoms with Crippen molar-refractivity contribution in [3.05, 3.63) is 69.9 Å². The van der Waals surface area contributed by atoms with E-state index in [1.807, 2.05) is 43.1 Å². The molecule has 8 nitrogen and oxygen atoms in total. The van der Waals surface area contributed by atoms with Gasteiger partial charge in [0.25, 0.3) is 15.6 Å². The van der Waals surface area contributed by atoms with Gasteiger partial charge in [-0.1, -0.05) is 13.0 Å². The number of hydrogen-bond acceptors (Lipinski definition) is 7. The number of ether oxygens (including phenoxy) is 1. The lowest BCUT2D eigenvalue weighted by Crippen LogP contribution is -2.51. The third-order valence-corrected chi connectivity index (χ3v) is 9.10. The van der Waals surface area contributed by atoms with Gasteiger partial charge in [-0.15, -0.1) is 15.8 Å². The Hall–Kier alpha value is -2.37. The van der Waals surface area contributed by atoms with Crippen molar-refractivity contribution in [2.45, 2.75) is 30.9 Å². The molecular weight excluding hydrogens is 460 g/mol. The molecule has 0 radical (unpaired) electrons. The van der Waals surface area contributed by atoms with E-state index in [1.54, 1.807) is 18.5 Å². The largest absolute Gasteiger partial charge is 0.379 e. The molecule has 0 amide bonds. The fourth-order valence-corrected chi connectivity index (χ4v) is 6.86. The van der Waals surface area contributed by atoms with E-state index in [9.17, 15) is 13.2 Å². The summed E-state index contributed by atoms with van der Waals surface area (Å²) in [5, 5.41) is 1.86. The monoisotopic (exact) mass is 488 g/mol. The third kappa shape index (κ3) is 5.25. The molecule has 1 saturated heterocycles. The summed E-state index contributed by atoms with van der Waals surface area (Å²) in [6.07, 6.45) is 4.63. The van der Waals surface area contributed by atoms with Crippen LogP contribution in [0.15, 0.2) is 51.7 Å². The Labute approximate surface area is 197 Å². The lowest BCUT2D eigenvalue weighted by atomic mass is 10.1. The molecule has 10 heteroatoms. The first kappa shape index (κ1) is 23.8. The van der Waals surface area contributed by atoms with Crippen molar-refractivity contribution in [2.24, 2.45) is 0 Å². The van der Waals surface area contributed by atoms with Crippen LogP contribution in [0.2, 0.25) is 0 Å². The maximum atomic E-state index is 13.7. The van der Waals surface area contributed by atoms with E-state index < -0.39 is 10.0 Å². The summed E-state index contributed by atoms with van der Waals surface area (Å²) in [4.78, 5) is 19.9. The second-order valence-corrected chi connectivity index (χ2v) is 11.0. The van der Waals surface area contributed by atoms with Crippen molar-refractivity contribution < 1.29 is 13.2 Å². The first-order valence-electron chi connectivity index (χ1n) is 11.0. The zero-order valence-electron chi connectivity index (χ0n) is 18.8. The number of aryl methyl sites for hydroxylation is 2. The van der Waals surface area contributed by atoms with E-state index in [1.165, 1.54) is 15.8 Å². The topological polar surface area (TPSA) is 95.6 Å². The molecule has 1 N–H and O–H groups in total. The minimum absolute atomic E-state index is 0.1000. The van der Waals surface area contributed by atoms with Crippen molar-refractivity contribution in [2.75, 3.05) is 32.8 Å². The zero-order valence-corrected chi connectivity index (χ0v) is 20.4. The Balaban J connectivity index is 1.65. The van der Waals surface area contributed by atoms with Crippen molar-refractivity contribution in [3.63, 3.8) is 0 Å². The van der Waals surface area contributed by atoms with Crippen LogP contribution in [0.4, 0.5) is 0 Å². The number of hydrazine groups is 1. The predicted octanol–water partition coefficient (Wildman–Crippen LogP) is 2.85. The van der Waals surface area contributed by atoms with Crippen molar-refractivity contribution in [1.82, 2.24) is 19.4 Å². The number of aromatic amines is 1. The second kappa shape index (κ2) is 10.3. The SMILES string of the molecule is CCc1cc(-c2ccc(S(=O)(=O)N(CCc3cccnc3)N3CCOCC3)s2)c(C)[nH]c1=O. The number of pyridine rings is 2. The molecule has 0 spiro atoms. The minimum atomic E-state index is -3.76. The van der Waals surface area contributed by atoms with Gasteiger partial charge in [-0.2, -0.15) is 0 Å². The summed E-state index contributed by atoms with van der Waals surface area (Å²) in [6, 6.07) is 9.13. The number of sulfonamides is 1. The van der Waals surface area contributed by atoms with E-state index in [0.29, 0.717) is 51.3 Å². The van der Waals surface area contributed by atoms with E-state index >= 15 is 0 Å². The van der Waals surface area contributed by atoms with Gasteiger partial charge in [-0.25, -0.2) is 13.4 Å². The van der Waals surface area contributed by atoms with Gasteiger partial charge in [0.15, 0.2) is 0 Å². The summed E-state index contributed by atoms with van der Waals surface area (Å²) in [7, 11) is -3.76. The summed E-state index contributed by atoms with van der Waals surface area (Å²) in [6.45, 7) is 6.09. The van der Waals surface area contributed by atoms with Gasteiger partial charge in [-0.05, 0) is 49.6 Å². The average molecular weight is 489 g/mol. The highest BCUT2D eigenvalue weighted by molar-refractivity contribution is 7.91. The predicted molar refractivity (Wildman–Crippen MR) is 129 cm³/mol. The summed E-state index contributed by atoms with van der Waals surface area (Å²) >= 11 is 1.22. The van der Waals surface area contributed by atoms with E-state index in [2.05, 4.69) is 9.97 Å².